The van der Waals surface area contributed by atoms with E-state index in [2.05, 4.69) is 9.02 Å². The number of hydrogen-bond acceptors (Lipinski definition) is 8. The van der Waals surface area contributed by atoms with Gasteiger partial charge in [0.25, 0.3) is 5.91 Å². The lowest BCUT2D eigenvalue weighted by atomic mass is 9.99. The maximum atomic E-state index is 12.3. The lowest BCUT2D eigenvalue weighted by molar-refractivity contribution is -0.146. The lowest BCUT2D eigenvalue weighted by Gasteiger charge is -2.28. The molecule has 2 atom stereocenters. The summed E-state index contributed by atoms with van der Waals surface area (Å²) >= 11 is 0.901. The van der Waals surface area contributed by atoms with Gasteiger partial charge < -0.3 is 15.4 Å². The van der Waals surface area contributed by atoms with E-state index in [-0.39, 0.29) is 11.4 Å². The number of nitrogens with two attached hydrogens (primary N) is 1. The SMILES string of the molecule is COC(=O)C1c2sc(C(N)=O)cc2[C@H]2CN1C(=O)N2OS(=O)(=O)O. The van der Waals surface area contributed by atoms with Crippen molar-refractivity contribution in [2.75, 3.05) is 13.7 Å². The highest BCUT2D eigenvalue weighted by Crippen LogP contribution is 2.47. The van der Waals surface area contributed by atoms with Crippen molar-refractivity contribution in [2.24, 2.45) is 5.73 Å². The zero-order valence-electron chi connectivity index (χ0n) is 12.0. The standard InChI is InChI=1S/C11H11N3O8S2/c1-21-10(16)7-8-4(2-6(23-8)9(12)15)5-3-13(7)11(17)14(5)22-24(18,19)20/h2,5,7H,3H2,1H3,(H2,12,15)(H,18,19,20)/t5-,7?/m1/s1. The van der Waals surface area contributed by atoms with Crippen LogP contribution in [0.4, 0.5) is 4.79 Å². The quantitative estimate of drug-likeness (QED) is 0.529. The fourth-order valence-electron chi connectivity index (χ4n) is 2.73. The van der Waals surface area contributed by atoms with E-state index in [1.807, 2.05) is 0 Å². The van der Waals surface area contributed by atoms with Gasteiger partial charge in [-0.3, -0.25) is 9.35 Å². The summed E-state index contributed by atoms with van der Waals surface area (Å²) in [5.41, 5.74) is 5.56. The number of hydroxylamine groups is 2. The Labute approximate surface area is 139 Å². The second-order valence-corrected chi connectivity index (χ2v) is 7.09. The summed E-state index contributed by atoms with van der Waals surface area (Å²) in [6, 6.07) is -1.67. The third-order valence-electron chi connectivity index (χ3n) is 3.64. The number of nitrogens with zero attached hydrogens (tertiary/aromatic N) is 2. The van der Waals surface area contributed by atoms with E-state index in [9.17, 15) is 22.8 Å². The molecule has 0 saturated carbocycles. The molecule has 130 valence electrons. The van der Waals surface area contributed by atoms with Crippen LogP contribution in [0.25, 0.3) is 0 Å². The van der Waals surface area contributed by atoms with Gasteiger partial charge in [0.2, 0.25) is 0 Å². The molecular weight excluding hydrogens is 366 g/mol. The van der Waals surface area contributed by atoms with Gasteiger partial charge in [0.15, 0.2) is 6.04 Å². The largest absolute Gasteiger partial charge is 0.467 e. The Morgan fingerprint density at radius 1 is 1.46 bits per heavy atom. The Kier molecular flexibility index (Phi) is 3.75. The number of fused-ring (bicyclic) bond motifs is 4. The van der Waals surface area contributed by atoms with E-state index >= 15 is 0 Å². The average molecular weight is 377 g/mol. The van der Waals surface area contributed by atoms with Crippen LogP contribution >= 0.6 is 11.3 Å². The first-order chi connectivity index (χ1) is 11.1. The summed E-state index contributed by atoms with van der Waals surface area (Å²) in [6.45, 7) is -0.0872. The van der Waals surface area contributed by atoms with Crippen molar-refractivity contribution in [3.05, 3.63) is 21.4 Å². The first-order valence-electron chi connectivity index (χ1n) is 6.42. The molecule has 1 aromatic rings. The smallest absolute Gasteiger partial charge is 0.418 e. The molecule has 0 spiro atoms. The van der Waals surface area contributed by atoms with Gasteiger partial charge in [-0.25, -0.2) is 9.59 Å². The summed E-state index contributed by atoms with van der Waals surface area (Å²) in [7, 11) is -3.83. The highest BCUT2D eigenvalue weighted by atomic mass is 32.3. The third kappa shape index (κ3) is 2.50. The molecule has 3 amide bonds. The summed E-state index contributed by atoms with van der Waals surface area (Å²) < 4.78 is 39.8. The van der Waals surface area contributed by atoms with Crippen molar-refractivity contribution in [1.82, 2.24) is 9.96 Å². The number of urea groups is 1. The maximum Gasteiger partial charge on any atom is 0.418 e. The van der Waals surface area contributed by atoms with E-state index in [0.717, 1.165) is 23.3 Å². The number of ether oxygens (including phenoxy) is 1. The van der Waals surface area contributed by atoms with Crippen LogP contribution in [-0.2, 0) is 24.2 Å². The van der Waals surface area contributed by atoms with Gasteiger partial charge in [-0.1, -0.05) is 0 Å². The van der Waals surface area contributed by atoms with Crippen molar-refractivity contribution in [3.8, 4) is 0 Å². The Hall–Kier alpha value is -2.22. The molecule has 1 saturated heterocycles. The molecule has 2 aliphatic heterocycles. The summed E-state index contributed by atoms with van der Waals surface area (Å²) in [4.78, 5) is 37.3. The Balaban J connectivity index is 2.13. The first kappa shape index (κ1) is 16.6. The van der Waals surface area contributed by atoms with Crippen LogP contribution in [0.15, 0.2) is 6.07 Å². The van der Waals surface area contributed by atoms with Gasteiger partial charge in [-0.2, -0.15) is 13.5 Å². The van der Waals surface area contributed by atoms with E-state index in [0.29, 0.717) is 15.5 Å². The predicted octanol–water partition coefficient (Wildman–Crippen LogP) is -0.412. The number of hydrogen-bond donors (Lipinski definition) is 2. The molecule has 0 radical (unpaired) electrons. The molecular formula is C11H11N3O8S2. The van der Waals surface area contributed by atoms with Crippen LogP contribution in [-0.4, -0.2) is 54.5 Å². The molecule has 2 bridgehead atoms. The third-order valence-corrected chi connectivity index (χ3v) is 5.21. The Bertz CT molecular complexity index is 847. The number of carbonyl (C=O) groups is 3. The normalized spacial score (nSPS) is 22.5. The zero-order valence-corrected chi connectivity index (χ0v) is 13.7. The van der Waals surface area contributed by atoms with Crippen LogP contribution in [0.2, 0.25) is 0 Å². The van der Waals surface area contributed by atoms with Crippen LogP contribution in [0.5, 0.6) is 0 Å². The second-order valence-electron chi connectivity index (χ2n) is 5.00. The zero-order chi connectivity index (χ0) is 17.8. The van der Waals surface area contributed by atoms with Crippen LogP contribution < -0.4 is 5.73 Å². The second kappa shape index (κ2) is 5.41. The molecule has 0 aromatic carbocycles. The number of rotatable bonds is 4. The van der Waals surface area contributed by atoms with Gasteiger partial charge in [0, 0.05) is 4.88 Å². The van der Waals surface area contributed by atoms with Crippen LogP contribution in [0.1, 0.15) is 32.2 Å². The lowest BCUT2D eigenvalue weighted by Crippen LogP contribution is -2.38. The summed E-state index contributed by atoms with van der Waals surface area (Å²) in [6.07, 6.45) is 0. The number of amides is 3. The van der Waals surface area contributed by atoms with E-state index in [1.165, 1.54) is 6.07 Å². The summed E-state index contributed by atoms with van der Waals surface area (Å²) in [5.74, 6) is -1.51. The minimum Gasteiger partial charge on any atom is -0.467 e. The highest BCUT2D eigenvalue weighted by Gasteiger charge is 2.53. The number of primary amides is 1. The van der Waals surface area contributed by atoms with Gasteiger partial charge in [0.05, 0.1) is 18.5 Å². The molecule has 3 heterocycles. The van der Waals surface area contributed by atoms with Crippen molar-refractivity contribution < 1.29 is 36.4 Å². The Morgan fingerprint density at radius 3 is 2.67 bits per heavy atom. The topological polar surface area (TPSA) is 157 Å². The molecule has 2 aliphatic rings. The van der Waals surface area contributed by atoms with Crippen molar-refractivity contribution in [1.29, 1.82) is 0 Å². The first-order valence-corrected chi connectivity index (χ1v) is 8.60. The monoisotopic (exact) mass is 377 g/mol. The molecule has 13 heteroatoms. The summed E-state index contributed by atoms with van der Waals surface area (Å²) in [5, 5.41) is 0.439. The highest BCUT2D eigenvalue weighted by molar-refractivity contribution is 7.80. The molecule has 1 unspecified atom stereocenters. The van der Waals surface area contributed by atoms with Crippen molar-refractivity contribution >= 4 is 39.6 Å². The van der Waals surface area contributed by atoms with Gasteiger partial charge in [-0.15, -0.1) is 15.6 Å². The molecule has 1 aromatic heterocycles. The molecule has 24 heavy (non-hydrogen) atoms. The number of esters is 1. The fraction of sp³-hybridized carbons (Fsp3) is 0.364. The predicted molar refractivity (Wildman–Crippen MR) is 76.9 cm³/mol. The fourth-order valence-corrected chi connectivity index (χ4v) is 4.27. The van der Waals surface area contributed by atoms with Gasteiger partial charge in [-0.05, 0) is 11.6 Å². The molecule has 1 fully saturated rings. The van der Waals surface area contributed by atoms with Gasteiger partial charge in [0.1, 0.15) is 6.04 Å². The minimum atomic E-state index is -4.96. The van der Waals surface area contributed by atoms with E-state index in [4.69, 9.17) is 10.3 Å². The molecule has 3 N–H and O–H groups in total. The Morgan fingerprint density at radius 2 is 2.12 bits per heavy atom. The average Bonchev–Trinajstić information content (AvgIpc) is 3.03. The minimum absolute atomic E-state index is 0.0872. The van der Waals surface area contributed by atoms with Crippen LogP contribution in [0.3, 0.4) is 0 Å². The van der Waals surface area contributed by atoms with Crippen LogP contribution in [0, 0.1) is 0 Å². The van der Waals surface area contributed by atoms with Crippen molar-refractivity contribution in [2.45, 2.75) is 12.1 Å². The molecule has 0 aliphatic carbocycles. The number of methoxy groups -OCH3 is 1. The molecule has 11 nitrogen and oxygen atoms in total. The number of carbonyl (C=O) groups excluding carboxylic acids is 3. The van der Waals surface area contributed by atoms with E-state index in [1.54, 1.807) is 0 Å². The van der Waals surface area contributed by atoms with Crippen molar-refractivity contribution in [3.63, 3.8) is 0 Å². The molecule has 3 rings (SSSR count). The van der Waals surface area contributed by atoms with E-state index < -0.39 is 40.4 Å². The van der Waals surface area contributed by atoms with Gasteiger partial charge >= 0.3 is 22.4 Å². The number of thiophene rings is 1. The maximum absolute atomic E-state index is 12.3.